The number of carbonyl (C=O) groups excluding carboxylic acids is 1. The molecule has 0 heterocycles. The zero-order valence-corrected chi connectivity index (χ0v) is 14.5. The zero-order valence-electron chi connectivity index (χ0n) is 12.3. The Labute approximate surface area is 143 Å². The lowest BCUT2D eigenvalue weighted by Gasteiger charge is -2.09. The Balaban J connectivity index is 2.13. The predicted molar refractivity (Wildman–Crippen MR) is 96.4 cm³/mol. The molecule has 0 unspecified atom stereocenters. The molecule has 0 spiro atoms. The van der Waals surface area contributed by atoms with Crippen molar-refractivity contribution in [3.05, 3.63) is 57.7 Å². The second-order valence-electron chi connectivity index (χ2n) is 4.42. The first-order valence-corrected chi connectivity index (χ1v) is 7.67. The quantitative estimate of drug-likeness (QED) is 0.601. The number of nitrogens with one attached hydrogen (secondary N) is 1. The van der Waals surface area contributed by atoms with E-state index in [1.807, 2.05) is 42.5 Å². The van der Waals surface area contributed by atoms with Crippen molar-refractivity contribution in [1.82, 2.24) is 0 Å². The molecule has 0 aliphatic heterocycles. The van der Waals surface area contributed by atoms with Gasteiger partial charge in [0, 0.05) is 20.9 Å². The molecule has 0 aromatic heterocycles. The van der Waals surface area contributed by atoms with E-state index in [1.165, 1.54) is 6.08 Å². The maximum atomic E-state index is 12.0. The Morgan fingerprint density at radius 2 is 1.91 bits per heavy atom. The number of hydrogen-bond donors (Lipinski definition) is 1. The van der Waals surface area contributed by atoms with Crippen LogP contribution in [-0.4, -0.2) is 20.1 Å². The van der Waals surface area contributed by atoms with Crippen molar-refractivity contribution in [2.75, 3.05) is 19.5 Å². The lowest BCUT2D eigenvalue weighted by atomic mass is 10.1. The average molecular weight is 409 g/mol. The molecule has 4 nitrogen and oxygen atoms in total. The maximum Gasteiger partial charge on any atom is 0.248 e. The van der Waals surface area contributed by atoms with Crippen LogP contribution in [0.1, 0.15) is 5.56 Å². The van der Waals surface area contributed by atoms with E-state index in [4.69, 9.17) is 9.47 Å². The molecule has 2 aromatic carbocycles. The largest absolute Gasteiger partial charge is 0.493 e. The van der Waals surface area contributed by atoms with Gasteiger partial charge in [0.2, 0.25) is 5.91 Å². The van der Waals surface area contributed by atoms with Gasteiger partial charge in [0.05, 0.1) is 14.2 Å². The Bertz CT molecular complexity index is 698. The van der Waals surface area contributed by atoms with Crippen LogP contribution in [0, 0.1) is 3.57 Å². The summed E-state index contributed by atoms with van der Waals surface area (Å²) in [6.45, 7) is 0. The second kappa shape index (κ2) is 7.84. The van der Waals surface area contributed by atoms with Crippen molar-refractivity contribution in [2.24, 2.45) is 0 Å². The number of halogens is 1. The van der Waals surface area contributed by atoms with Crippen LogP contribution in [0.5, 0.6) is 11.5 Å². The molecular formula is C17H16INO3. The molecule has 0 bridgehead atoms. The third kappa shape index (κ3) is 4.24. The highest BCUT2D eigenvalue weighted by atomic mass is 127. The average Bonchev–Trinajstić information content (AvgIpc) is 2.52. The van der Waals surface area contributed by atoms with Crippen LogP contribution in [-0.2, 0) is 4.79 Å². The number of benzene rings is 2. The molecule has 114 valence electrons. The monoisotopic (exact) mass is 409 g/mol. The highest BCUT2D eigenvalue weighted by molar-refractivity contribution is 14.1. The summed E-state index contributed by atoms with van der Waals surface area (Å²) in [5.74, 6) is 1.03. The summed E-state index contributed by atoms with van der Waals surface area (Å²) in [7, 11) is 3.15. The molecule has 1 amide bonds. The summed E-state index contributed by atoms with van der Waals surface area (Å²) < 4.78 is 11.6. The van der Waals surface area contributed by atoms with Gasteiger partial charge in [0.25, 0.3) is 0 Å². The van der Waals surface area contributed by atoms with Gasteiger partial charge in [-0.1, -0.05) is 18.2 Å². The first-order valence-electron chi connectivity index (χ1n) is 6.59. The smallest absolute Gasteiger partial charge is 0.248 e. The number of rotatable bonds is 5. The van der Waals surface area contributed by atoms with Crippen molar-refractivity contribution in [3.63, 3.8) is 0 Å². The molecular weight excluding hydrogens is 393 g/mol. The van der Waals surface area contributed by atoms with Crippen molar-refractivity contribution in [2.45, 2.75) is 0 Å². The van der Waals surface area contributed by atoms with Gasteiger partial charge in [-0.25, -0.2) is 0 Å². The summed E-state index contributed by atoms with van der Waals surface area (Å²) in [5, 5.41) is 2.82. The Kier molecular flexibility index (Phi) is 5.83. The topological polar surface area (TPSA) is 47.6 Å². The molecule has 2 aromatic rings. The van der Waals surface area contributed by atoms with Crippen LogP contribution in [0.3, 0.4) is 0 Å². The normalized spacial score (nSPS) is 10.5. The van der Waals surface area contributed by atoms with E-state index in [0.29, 0.717) is 11.5 Å². The van der Waals surface area contributed by atoms with Gasteiger partial charge in [-0.2, -0.15) is 0 Å². The van der Waals surface area contributed by atoms with E-state index >= 15 is 0 Å². The van der Waals surface area contributed by atoms with Crippen LogP contribution < -0.4 is 14.8 Å². The van der Waals surface area contributed by atoms with Gasteiger partial charge in [0.15, 0.2) is 11.5 Å². The number of amides is 1. The summed E-state index contributed by atoms with van der Waals surface area (Å²) in [5.41, 5.74) is 1.54. The fraction of sp³-hybridized carbons (Fsp3) is 0.118. The van der Waals surface area contributed by atoms with Crippen LogP contribution >= 0.6 is 22.6 Å². The molecule has 0 saturated carbocycles. The second-order valence-corrected chi connectivity index (χ2v) is 5.66. The van der Waals surface area contributed by atoms with Crippen molar-refractivity contribution in [1.29, 1.82) is 0 Å². The molecule has 0 saturated heterocycles. The van der Waals surface area contributed by atoms with E-state index in [9.17, 15) is 4.79 Å². The molecule has 22 heavy (non-hydrogen) atoms. The zero-order chi connectivity index (χ0) is 15.9. The number of para-hydroxylation sites is 1. The molecule has 0 radical (unpaired) electrons. The third-order valence-electron chi connectivity index (χ3n) is 2.94. The summed E-state index contributed by atoms with van der Waals surface area (Å²) in [6.07, 6.45) is 3.17. The SMILES string of the molecule is COc1cccc(/C=C/C(=O)Nc2cccc(I)c2)c1OC. The van der Waals surface area contributed by atoms with Gasteiger partial charge in [0.1, 0.15) is 0 Å². The van der Waals surface area contributed by atoms with E-state index in [1.54, 1.807) is 20.3 Å². The number of anilines is 1. The van der Waals surface area contributed by atoms with Crippen LogP contribution in [0.25, 0.3) is 6.08 Å². The van der Waals surface area contributed by atoms with Gasteiger partial charge in [-0.3, -0.25) is 4.79 Å². The van der Waals surface area contributed by atoms with Gasteiger partial charge in [-0.05, 0) is 52.9 Å². The molecule has 0 atom stereocenters. The minimum atomic E-state index is -0.202. The summed E-state index contributed by atoms with van der Waals surface area (Å²) >= 11 is 2.20. The minimum Gasteiger partial charge on any atom is -0.493 e. The van der Waals surface area contributed by atoms with E-state index in [-0.39, 0.29) is 5.91 Å². The van der Waals surface area contributed by atoms with Crippen molar-refractivity contribution >= 4 is 40.3 Å². The molecule has 5 heteroatoms. The molecule has 1 N–H and O–H groups in total. The fourth-order valence-corrected chi connectivity index (χ4v) is 2.50. The van der Waals surface area contributed by atoms with Crippen LogP contribution in [0.2, 0.25) is 0 Å². The predicted octanol–water partition coefficient (Wildman–Crippen LogP) is 3.96. The van der Waals surface area contributed by atoms with Gasteiger partial charge < -0.3 is 14.8 Å². The van der Waals surface area contributed by atoms with Gasteiger partial charge in [-0.15, -0.1) is 0 Å². The third-order valence-corrected chi connectivity index (χ3v) is 3.61. The highest BCUT2D eigenvalue weighted by Gasteiger charge is 2.07. The highest BCUT2D eigenvalue weighted by Crippen LogP contribution is 2.31. The summed E-state index contributed by atoms with van der Waals surface area (Å²) in [4.78, 5) is 12.0. The summed E-state index contributed by atoms with van der Waals surface area (Å²) in [6, 6.07) is 13.1. The number of methoxy groups -OCH3 is 2. The first kappa shape index (κ1) is 16.4. The molecule has 0 aliphatic carbocycles. The molecule has 0 aliphatic rings. The first-order chi connectivity index (χ1) is 10.6. The fourth-order valence-electron chi connectivity index (χ4n) is 1.96. The van der Waals surface area contributed by atoms with Crippen molar-refractivity contribution < 1.29 is 14.3 Å². The minimum absolute atomic E-state index is 0.202. The Morgan fingerprint density at radius 3 is 2.59 bits per heavy atom. The van der Waals surface area contributed by atoms with E-state index in [0.717, 1.165) is 14.8 Å². The molecule has 2 rings (SSSR count). The van der Waals surface area contributed by atoms with E-state index < -0.39 is 0 Å². The number of ether oxygens (including phenoxy) is 2. The number of carbonyl (C=O) groups is 1. The molecule has 0 fully saturated rings. The van der Waals surface area contributed by atoms with Crippen molar-refractivity contribution in [3.8, 4) is 11.5 Å². The number of hydrogen-bond acceptors (Lipinski definition) is 3. The van der Waals surface area contributed by atoms with E-state index in [2.05, 4.69) is 27.9 Å². The lowest BCUT2D eigenvalue weighted by Crippen LogP contribution is -2.07. The van der Waals surface area contributed by atoms with Crippen LogP contribution in [0.4, 0.5) is 5.69 Å². The van der Waals surface area contributed by atoms with Crippen LogP contribution in [0.15, 0.2) is 48.5 Å². The standard InChI is InChI=1S/C17H16INO3/c1-21-15-8-3-5-12(17(15)22-2)9-10-16(20)19-14-7-4-6-13(18)11-14/h3-11H,1-2H3,(H,19,20)/b10-9+. The van der Waals surface area contributed by atoms with Gasteiger partial charge >= 0.3 is 0 Å². The maximum absolute atomic E-state index is 12.0. The lowest BCUT2D eigenvalue weighted by molar-refractivity contribution is -0.111. The Hall–Kier alpha value is -2.02. The Morgan fingerprint density at radius 1 is 1.14 bits per heavy atom.